The van der Waals surface area contributed by atoms with Gasteiger partial charge in [0, 0.05) is 13.1 Å². The van der Waals surface area contributed by atoms with Gasteiger partial charge in [-0.3, -0.25) is 15.1 Å². The molecule has 0 spiro atoms. The number of hydrogen-bond acceptors (Lipinski definition) is 6. The maximum atomic E-state index is 12.4. The molecule has 6 N–H and O–H groups in total. The van der Waals surface area contributed by atoms with Crippen molar-refractivity contribution in [2.45, 2.75) is 58.9 Å². The van der Waals surface area contributed by atoms with Crippen molar-refractivity contribution in [3.63, 3.8) is 0 Å². The van der Waals surface area contributed by atoms with Crippen molar-refractivity contribution in [2.75, 3.05) is 17.6 Å². The third kappa shape index (κ3) is 8.41. The molecule has 31 heavy (non-hydrogen) atoms. The third-order valence-electron chi connectivity index (χ3n) is 4.71. The molecule has 1 aromatic carbocycles. The lowest BCUT2D eigenvalue weighted by molar-refractivity contribution is 0.0972. The highest BCUT2D eigenvalue weighted by Crippen LogP contribution is 2.21. The first kappa shape index (κ1) is 24.4. The largest absolute Gasteiger partial charge is 0.382 e. The van der Waals surface area contributed by atoms with Crippen LogP contribution in [0.25, 0.3) is 0 Å². The van der Waals surface area contributed by atoms with Crippen LogP contribution in [0.4, 0.5) is 11.6 Å². The molecule has 2 rings (SSSR count). The number of nitrogens with zero attached hydrogens (tertiary/aromatic N) is 3. The van der Waals surface area contributed by atoms with Gasteiger partial charge >= 0.3 is 0 Å². The molecule has 1 amide bonds. The van der Waals surface area contributed by atoms with Crippen LogP contribution >= 0.6 is 11.6 Å². The number of unbranched alkanes of at least 4 members (excludes halogenated alkanes) is 5. The van der Waals surface area contributed by atoms with Crippen molar-refractivity contribution < 1.29 is 4.79 Å². The number of aryl methyl sites for hydroxylation is 1. The minimum Gasteiger partial charge on any atom is -0.382 e. The van der Waals surface area contributed by atoms with Gasteiger partial charge in [0.05, 0.1) is 0 Å². The average Bonchev–Trinajstić information content (AvgIpc) is 2.74. The Bertz CT molecular complexity index is 884. The monoisotopic (exact) mass is 445 g/mol. The molecule has 0 unspecified atom stereocenters. The van der Waals surface area contributed by atoms with E-state index in [1.165, 1.54) is 31.2 Å². The van der Waals surface area contributed by atoms with Gasteiger partial charge in [-0.05, 0) is 18.9 Å². The molecule has 0 saturated carbocycles. The second-order valence-electron chi connectivity index (χ2n) is 7.42. The number of nitrogens with two attached hydrogens (primary N) is 2. The van der Waals surface area contributed by atoms with Gasteiger partial charge in [0.25, 0.3) is 5.91 Å². The zero-order valence-electron chi connectivity index (χ0n) is 18.2. The number of rotatable bonds is 11. The number of anilines is 2. The lowest BCUT2D eigenvalue weighted by Crippen LogP contribution is -2.38. The summed E-state index contributed by atoms with van der Waals surface area (Å²) < 4.78 is 0. The van der Waals surface area contributed by atoms with E-state index in [1.54, 1.807) is 0 Å². The van der Waals surface area contributed by atoms with E-state index in [0.29, 0.717) is 18.9 Å². The van der Waals surface area contributed by atoms with Gasteiger partial charge < -0.3 is 16.8 Å². The summed E-state index contributed by atoms with van der Waals surface area (Å²) in [7, 11) is 0. The van der Waals surface area contributed by atoms with E-state index in [1.807, 2.05) is 31.2 Å². The molecule has 0 atom stereocenters. The Morgan fingerprint density at radius 1 is 1.10 bits per heavy atom. The van der Waals surface area contributed by atoms with Crippen LogP contribution in [0.1, 0.15) is 67.1 Å². The summed E-state index contributed by atoms with van der Waals surface area (Å²) in [4.78, 5) is 24.9. The van der Waals surface area contributed by atoms with Crippen LogP contribution in [0.2, 0.25) is 5.15 Å². The Kier molecular flexibility index (Phi) is 10.0. The molecule has 1 aromatic heterocycles. The van der Waals surface area contributed by atoms with Crippen molar-refractivity contribution in [2.24, 2.45) is 10.7 Å². The molecule has 0 fully saturated rings. The lowest BCUT2D eigenvalue weighted by Gasteiger charge is -2.11. The fourth-order valence-corrected chi connectivity index (χ4v) is 3.10. The van der Waals surface area contributed by atoms with Crippen molar-refractivity contribution in [1.82, 2.24) is 15.3 Å². The minimum absolute atomic E-state index is 0.0254. The summed E-state index contributed by atoms with van der Waals surface area (Å²) in [6.07, 6.45) is 6.92. The zero-order chi connectivity index (χ0) is 22.6. The van der Waals surface area contributed by atoms with Crippen LogP contribution in [-0.2, 0) is 6.54 Å². The minimum atomic E-state index is -0.596. The topological polar surface area (TPSA) is 131 Å². The average molecular weight is 446 g/mol. The molecule has 0 aliphatic rings. The van der Waals surface area contributed by atoms with E-state index < -0.39 is 5.91 Å². The standard InChI is InChI=1S/C22H32ClN7O/c1-3-4-5-6-7-8-13-26-22(25)30-21(31)17-19(24)29-20(18(23)28-17)27-14-16-11-9-15(2)10-12-16/h9-12H,3-8,13-14H2,1-2H3,(H3,24,27,29)(H3,25,26,30,31). The number of benzene rings is 1. The number of aromatic nitrogens is 2. The number of guanidine groups is 1. The molecule has 2 aromatic rings. The zero-order valence-corrected chi connectivity index (χ0v) is 19.0. The molecule has 0 saturated heterocycles. The first-order valence-corrected chi connectivity index (χ1v) is 11.0. The van der Waals surface area contributed by atoms with Gasteiger partial charge in [0.2, 0.25) is 0 Å². The number of carbonyl (C=O) groups excluding carboxylic acids is 1. The Balaban J connectivity index is 1.88. The maximum absolute atomic E-state index is 12.4. The summed E-state index contributed by atoms with van der Waals surface area (Å²) in [6.45, 7) is 5.27. The number of halogens is 1. The van der Waals surface area contributed by atoms with E-state index >= 15 is 0 Å². The Hall–Kier alpha value is -2.87. The smallest absolute Gasteiger partial charge is 0.280 e. The molecule has 0 aliphatic carbocycles. The molecular weight excluding hydrogens is 414 g/mol. The quantitative estimate of drug-likeness (QED) is 0.234. The Morgan fingerprint density at radius 2 is 1.77 bits per heavy atom. The predicted octanol–water partition coefficient (Wildman–Crippen LogP) is 4.04. The number of aliphatic imine (C=N–C) groups is 1. The highest BCUT2D eigenvalue weighted by atomic mass is 35.5. The Morgan fingerprint density at radius 3 is 2.48 bits per heavy atom. The second-order valence-corrected chi connectivity index (χ2v) is 7.78. The van der Waals surface area contributed by atoms with E-state index in [2.05, 4.69) is 32.5 Å². The van der Waals surface area contributed by atoms with Gasteiger partial charge in [-0.15, -0.1) is 0 Å². The van der Waals surface area contributed by atoms with Gasteiger partial charge in [-0.2, -0.15) is 0 Å². The van der Waals surface area contributed by atoms with Crippen molar-refractivity contribution in [3.05, 3.63) is 46.2 Å². The molecule has 9 heteroatoms. The first-order chi connectivity index (χ1) is 14.9. The summed E-state index contributed by atoms with van der Waals surface area (Å²) in [5.74, 6) is -0.309. The van der Waals surface area contributed by atoms with Crippen LogP contribution < -0.4 is 22.1 Å². The summed E-state index contributed by atoms with van der Waals surface area (Å²) in [5, 5.41) is 5.62. The van der Waals surface area contributed by atoms with Crippen LogP contribution in [0.15, 0.2) is 29.3 Å². The highest BCUT2D eigenvalue weighted by Gasteiger charge is 2.17. The normalized spacial score (nSPS) is 11.4. The predicted molar refractivity (Wildman–Crippen MR) is 127 cm³/mol. The molecule has 168 valence electrons. The molecular formula is C22H32ClN7O. The van der Waals surface area contributed by atoms with Crippen LogP contribution in [0.3, 0.4) is 0 Å². The van der Waals surface area contributed by atoms with E-state index in [9.17, 15) is 4.79 Å². The van der Waals surface area contributed by atoms with Gasteiger partial charge in [0.1, 0.15) is 0 Å². The second kappa shape index (κ2) is 12.7. The molecule has 0 aliphatic heterocycles. The van der Waals surface area contributed by atoms with Crippen LogP contribution in [0.5, 0.6) is 0 Å². The highest BCUT2D eigenvalue weighted by molar-refractivity contribution is 6.32. The number of nitrogen functional groups attached to an aromatic ring is 1. The molecule has 8 nitrogen and oxygen atoms in total. The first-order valence-electron chi connectivity index (χ1n) is 10.6. The number of amides is 1. The number of carbonyl (C=O) groups is 1. The number of nitrogens with one attached hydrogen (secondary N) is 2. The lowest BCUT2D eigenvalue weighted by atomic mass is 10.1. The van der Waals surface area contributed by atoms with E-state index in [-0.39, 0.29) is 22.6 Å². The van der Waals surface area contributed by atoms with Crippen LogP contribution in [-0.4, -0.2) is 28.4 Å². The SMILES string of the molecule is CCCCCCCCN=C(N)NC(=O)c1nc(Cl)c(NCc2ccc(C)cc2)nc1N. The fraction of sp³-hybridized carbons (Fsp3) is 0.455. The van der Waals surface area contributed by atoms with Gasteiger partial charge in [-0.25, -0.2) is 9.97 Å². The maximum Gasteiger partial charge on any atom is 0.280 e. The Labute approximate surface area is 188 Å². The molecule has 1 heterocycles. The van der Waals surface area contributed by atoms with E-state index in [0.717, 1.165) is 18.4 Å². The van der Waals surface area contributed by atoms with Crippen molar-refractivity contribution in [3.8, 4) is 0 Å². The van der Waals surface area contributed by atoms with E-state index in [4.69, 9.17) is 23.1 Å². The fourth-order valence-electron chi connectivity index (χ4n) is 2.91. The molecule has 0 bridgehead atoms. The van der Waals surface area contributed by atoms with Gasteiger partial charge in [-0.1, -0.05) is 80.5 Å². The molecule has 0 radical (unpaired) electrons. The van der Waals surface area contributed by atoms with Crippen molar-refractivity contribution in [1.29, 1.82) is 0 Å². The van der Waals surface area contributed by atoms with Crippen molar-refractivity contribution >= 4 is 35.1 Å². The number of hydrogen-bond donors (Lipinski definition) is 4. The summed E-state index contributed by atoms with van der Waals surface area (Å²) >= 11 is 6.19. The summed E-state index contributed by atoms with van der Waals surface area (Å²) in [6, 6.07) is 8.04. The van der Waals surface area contributed by atoms with Crippen LogP contribution in [0, 0.1) is 6.92 Å². The van der Waals surface area contributed by atoms with Gasteiger partial charge in [0.15, 0.2) is 28.4 Å². The summed E-state index contributed by atoms with van der Waals surface area (Å²) in [5.41, 5.74) is 13.9. The third-order valence-corrected chi connectivity index (χ3v) is 4.97.